The van der Waals surface area contributed by atoms with E-state index in [0.717, 1.165) is 0 Å². The average Bonchev–Trinajstić information content (AvgIpc) is 2.26. The van der Waals surface area contributed by atoms with Gasteiger partial charge in [0.1, 0.15) is 5.75 Å². The van der Waals surface area contributed by atoms with E-state index in [2.05, 4.69) is 4.74 Å². The lowest BCUT2D eigenvalue weighted by Gasteiger charge is -2.29. The third-order valence-corrected chi connectivity index (χ3v) is 3.09. The number of rotatable bonds is 4. The van der Waals surface area contributed by atoms with Crippen molar-refractivity contribution in [2.75, 3.05) is 0 Å². The molecule has 114 valence electrons. The predicted octanol–water partition coefficient (Wildman–Crippen LogP) is 3.38. The molecule has 0 radical (unpaired) electrons. The Morgan fingerprint density at radius 2 is 1.65 bits per heavy atom. The van der Waals surface area contributed by atoms with Gasteiger partial charge in [-0.05, 0) is 29.5 Å². The number of hydrogen-bond acceptors (Lipinski definition) is 3. The molecule has 20 heavy (non-hydrogen) atoms. The van der Waals surface area contributed by atoms with Gasteiger partial charge in [-0.15, -0.1) is 13.2 Å². The van der Waals surface area contributed by atoms with Crippen molar-refractivity contribution in [3.05, 3.63) is 29.8 Å². The number of halogens is 3. The zero-order valence-electron chi connectivity index (χ0n) is 11.7. The van der Waals surface area contributed by atoms with Crippen LogP contribution in [0.1, 0.15) is 38.9 Å². The fourth-order valence-corrected chi connectivity index (χ4v) is 1.62. The van der Waals surface area contributed by atoms with E-state index < -0.39 is 12.5 Å². The van der Waals surface area contributed by atoms with E-state index in [0.29, 0.717) is 12.0 Å². The quantitative estimate of drug-likeness (QED) is 0.894. The summed E-state index contributed by atoms with van der Waals surface area (Å²) >= 11 is 0. The molecule has 0 fully saturated rings. The van der Waals surface area contributed by atoms with Crippen LogP contribution < -0.4 is 10.5 Å². The highest BCUT2D eigenvalue weighted by molar-refractivity contribution is 5.28. The molecule has 1 aromatic rings. The van der Waals surface area contributed by atoms with Gasteiger partial charge < -0.3 is 15.6 Å². The van der Waals surface area contributed by atoms with E-state index in [1.807, 2.05) is 20.8 Å². The first-order chi connectivity index (χ1) is 8.99. The minimum Gasteiger partial charge on any atom is -0.406 e. The van der Waals surface area contributed by atoms with Crippen LogP contribution in [0.3, 0.4) is 0 Å². The molecule has 0 saturated carbocycles. The zero-order valence-corrected chi connectivity index (χ0v) is 11.7. The summed E-state index contributed by atoms with van der Waals surface area (Å²) in [6, 6.07) is 4.94. The second kappa shape index (κ2) is 6.01. The van der Waals surface area contributed by atoms with Gasteiger partial charge in [-0.2, -0.15) is 0 Å². The van der Waals surface area contributed by atoms with E-state index in [1.165, 1.54) is 24.3 Å². The Bertz CT molecular complexity index is 424. The topological polar surface area (TPSA) is 55.5 Å². The summed E-state index contributed by atoms with van der Waals surface area (Å²) in [4.78, 5) is 0. The standard InChI is InChI=1S/C14H20F3NO2/c1-13(2,3)12(18)8-11(19)9-4-6-10(7-5-9)20-14(15,16)17/h4-7,11-12,19H,8,18H2,1-3H3/t11-,12+/m0/s1. The highest BCUT2D eigenvalue weighted by Crippen LogP contribution is 2.28. The minimum absolute atomic E-state index is 0.152. The van der Waals surface area contributed by atoms with Crippen molar-refractivity contribution in [3.63, 3.8) is 0 Å². The first-order valence-electron chi connectivity index (χ1n) is 6.28. The van der Waals surface area contributed by atoms with E-state index in [4.69, 9.17) is 5.73 Å². The molecule has 0 unspecified atom stereocenters. The van der Waals surface area contributed by atoms with Crippen LogP contribution in [0.25, 0.3) is 0 Å². The minimum atomic E-state index is -4.71. The molecule has 0 spiro atoms. The number of aliphatic hydroxyl groups excluding tert-OH is 1. The Kier molecular flexibility index (Phi) is 5.05. The van der Waals surface area contributed by atoms with E-state index >= 15 is 0 Å². The van der Waals surface area contributed by atoms with Crippen LogP contribution in [0.2, 0.25) is 0 Å². The maximum atomic E-state index is 12.0. The van der Waals surface area contributed by atoms with E-state index in [-0.39, 0.29) is 17.2 Å². The van der Waals surface area contributed by atoms with Crippen molar-refractivity contribution in [1.29, 1.82) is 0 Å². The molecule has 3 nitrogen and oxygen atoms in total. The third-order valence-electron chi connectivity index (χ3n) is 3.09. The van der Waals surface area contributed by atoms with Crippen LogP contribution in [-0.4, -0.2) is 17.5 Å². The van der Waals surface area contributed by atoms with Gasteiger partial charge >= 0.3 is 6.36 Å². The van der Waals surface area contributed by atoms with Gasteiger partial charge in [0.2, 0.25) is 0 Å². The highest BCUT2D eigenvalue weighted by Gasteiger charge is 2.31. The van der Waals surface area contributed by atoms with Crippen molar-refractivity contribution < 1.29 is 23.0 Å². The number of ether oxygens (including phenoxy) is 1. The number of alkyl halides is 3. The molecule has 0 bridgehead atoms. The fraction of sp³-hybridized carbons (Fsp3) is 0.571. The van der Waals surface area contributed by atoms with Crippen LogP contribution in [-0.2, 0) is 0 Å². The molecule has 0 amide bonds. The van der Waals surface area contributed by atoms with Crippen molar-refractivity contribution in [1.82, 2.24) is 0 Å². The van der Waals surface area contributed by atoms with Crippen molar-refractivity contribution in [3.8, 4) is 5.75 Å². The normalized spacial score (nSPS) is 15.8. The van der Waals surface area contributed by atoms with E-state index in [9.17, 15) is 18.3 Å². The number of aliphatic hydroxyl groups is 1. The first kappa shape index (κ1) is 16.8. The van der Waals surface area contributed by atoms with Crippen LogP contribution in [0.4, 0.5) is 13.2 Å². The maximum Gasteiger partial charge on any atom is 0.573 e. The van der Waals surface area contributed by atoms with Crippen LogP contribution in [0.5, 0.6) is 5.75 Å². The summed E-state index contributed by atoms with van der Waals surface area (Å²) in [6.45, 7) is 5.89. The lowest BCUT2D eigenvalue weighted by molar-refractivity contribution is -0.274. The first-order valence-corrected chi connectivity index (χ1v) is 6.28. The molecule has 0 aliphatic rings. The Morgan fingerprint density at radius 3 is 2.05 bits per heavy atom. The smallest absolute Gasteiger partial charge is 0.406 e. The van der Waals surface area contributed by atoms with Gasteiger partial charge in [0.05, 0.1) is 6.10 Å². The summed E-state index contributed by atoms with van der Waals surface area (Å²) in [5.41, 5.74) is 6.33. The lowest BCUT2D eigenvalue weighted by Crippen LogP contribution is -2.36. The van der Waals surface area contributed by atoms with Gasteiger partial charge in [0.25, 0.3) is 0 Å². The molecular weight excluding hydrogens is 271 g/mol. The number of nitrogens with two attached hydrogens (primary N) is 1. The Balaban J connectivity index is 2.69. The monoisotopic (exact) mass is 291 g/mol. The van der Waals surface area contributed by atoms with E-state index in [1.54, 1.807) is 0 Å². The second-order valence-corrected chi connectivity index (χ2v) is 5.84. The Labute approximate surface area is 116 Å². The molecule has 0 heterocycles. The molecule has 1 aromatic carbocycles. The van der Waals surface area contributed by atoms with Gasteiger partial charge in [0, 0.05) is 6.04 Å². The lowest BCUT2D eigenvalue weighted by atomic mass is 9.83. The summed E-state index contributed by atoms with van der Waals surface area (Å²) in [6.07, 6.45) is -5.19. The average molecular weight is 291 g/mol. The number of hydrogen-bond donors (Lipinski definition) is 2. The second-order valence-electron chi connectivity index (χ2n) is 5.84. The molecular formula is C14H20F3NO2. The summed E-state index contributed by atoms with van der Waals surface area (Å²) in [7, 11) is 0. The van der Waals surface area contributed by atoms with Crippen LogP contribution >= 0.6 is 0 Å². The molecule has 3 N–H and O–H groups in total. The zero-order chi connectivity index (χ0) is 15.6. The summed E-state index contributed by atoms with van der Waals surface area (Å²) in [5.74, 6) is -0.312. The molecule has 0 aliphatic heterocycles. The van der Waals surface area contributed by atoms with Crippen LogP contribution in [0, 0.1) is 5.41 Å². The van der Waals surface area contributed by atoms with Gasteiger partial charge in [-0.25, -0.2) is 0 Å². The molecule has 6 heteroatoms. The largest absolute Gasteiger partial charge is 0.573 e. The van der Waals surface area contributed by atoms with Gasteiger partial charge in [0.15, 0.2) is 0 Å². The molecule has 0 saturated heterocycles. The maximum absolute atomic E-state index is 12.0. The number of benzene rings is 1. The van der Waals surface area contributed by atoms with Crippen molar-refractivity contribution in [2.24, 2.45) is 11.1 Å². The fourth-order valence-electron chi connectivity index (χ4n) is 1.62. The van der Waals surface area contributed by atoms with Crippen molar-refractivity contribution in [2.45, 2.75) is 45.7 Å². The molecule has 0 aliphatic carbocycles. The SMILES string of the molecule is CC(C)(C)[C@H](N)C[C@H](O)c1ccc(OC(F)(F)F)cc1. The molecule has 0 aromatic heterocycles. The van der Waals surface area contributed by atoms with Crippen LogP contribution in [0.15, 0.2) is 24.3 Å². The predicted molar refractivity (Wildman–Crippen MR) is 70.1 cm³/mol. The van der Waals surface area contributed by atoms with Gasteiger partial charge in [-0.1, -0.05) is 32.9 Å². The summed E-state index contributed by atoms with van der Waals surface area (Å²) < 4.78 is 39.8. The molecule has 1 rings (SSSR count). The summed E-state index contributed by atoms with van der Waals surface area (Å²) in [5, 5.41) is 10.0. The highest BCUT2D eigenvalue weighted by atomic mass is 19.4. The Morgan fingerprint density at radius 1 is 1.15 bits per heavy atom. The molecule has 2 atom stereocenters. The third kappa shape index (κ3) is 5.38. The Hall–Kier alpha value is -1.27. The van der Waals surface area contributed by atoms with Crippen molar-refractivity contribution >= 4 is 0 Å². The van der Waals surface area contributed by atoms with Gasteiger partial charge in [-0.3, -0.25) is 0 Å².